The Morgan fingerprint density at radius 2 is 1.95 bits per heavy atom. The minimum atomic E-state index is -3.60. The van der Waals surface area contributed by atoms with Gasteiger partial charge in [0.25, 0.3) is 0 Å². The first-order valence-electron chi connectivity index (χ1n) is 6.21. The zero-order valence-corrected chi connectivity index (χ0v) is 11.6. The molecule has 1 aromatic carbocycles. The van der Waals surface area contributed by atoms with Gasteiger partial charge in [0.15, 0.2) is 0 Å². The Labute approximate surface area is 113 Å². The molecular formula is C13H17NO4S. The molecule has 1 fully saturated rings. The number of carbonyl (C=O) groups excluding carboxylic acids is 1. The molecule has 104 valence electrons. The van der Waals surface area contributed by atoms with Crippen molar-refractivity contribution in [3.63, 3.8) is 0 Å². The van der Waals surface area contributed by atoms with E-state index in [2.05, 4.69) is 0 Å². The van der Waals surface area contributed by atoms with Crippen LogP contribution in [0.2, 0.25) is 0 Å². The van der Waals surface area contributed by atoms with Gasteiger partial charge in [-0.2, -0.15) is 4.31 Å². The Hall–Kier alpha value is -1.40. The van der Waals surface area contributed by atoms with E-state index in [1.807, 2.05) is 0 Å². The van der Waals surface area contributed by atoms with Gasteiger partial charge in [-0.05, 0) is 37.1 Å². The van der Waals surface area contributed by atoms with Crippen LogP contribution in [-0.2, 0) is 14.8 Å². The number of ether oxygens (including phenoxy) is 1. The van der Waals surface area contributed by atoms with Crippen LogP contribution in [0.15, 0.2) is 29.2 Å². The third-order valence-electron chi connectivity index (χ3n) is 3.32. The number of sulfonamides is 1. The molecule has 0 radical (unpaired) electrons. The second kappa shape index (κ2) is 5.71. The highest BCUT2D eigenvalue weighted by Gasteiger charge is 2.33. The molecule has 1 aliphatic heterocycles. The quantitative estimate of drug-likeness (QED) is 0.784. The summed E-state index contributed by atoms with van der Waals surface area (Å²) < 4.78 is 31.3. The molecular weight excluding hydrogens is 266 g/mol. The molecule has 1 saturated heterocycles. The van der Waals surface area contributed by atoms with Crippen molar-refractivity contribution in [2.75, 3.05) is 13.7 Å². The van der Waals surface area contributed by atoms with E-state index >= 15 is 0 Å². The number of benzene rings is 1. The molecule has 5 nitrogen and oxygen atoms in total. The Bertz CT molecular complexity index is 538. The fourth-order valence-corrected chi connectivity index (χ4v) is 3.88. The first-order valence-corrected chi connectivity index (χ1v) is 7.65. The highest BCUT2D eigenvalue weighted by molar-refractivity contribution is 7.89. The zero-order chi connectivity index (χ0) is 13.9. The van der Waals surface area contributed by atoms with E-state index in [-0.39, 0.29) is 4.90 Å². The van der Waals surface area contributed by atoms with Crippen LogP contribution < -0.4 is 4.74 Å². The van der Waals surface area contributed by atoms with Crippen molar-refractivity contribution in [1.29, 1.82) is 0 Å². The fraction of sp³-hybridized carbons (Fsp3) is 0.462. The molecule has 19 heavy (non-hydrogen) atoms. The maximum atomic E-state index is 12.5. The summed E-state index contributed by atoms with van der Waals surface area (Å²) in [5.41, 5.74) is 0. The highest BCUT2D eigenvalue weighted by Crippen LogP contribution is 2.25. The lowest BCUT2D eigenvalue weighted by molar-refractivity contribution is -0.111. The summed E-state index contributed by atoms with van der Waals surface area (Å²) in [5, 5.41) is 0. The average molecular weight is 283 g/mol. The topological polar surface area (TPSA) is 63.7 Å². The standard InChI is InChI=1S/C13H17NO4S/c1-18-12-5-7-13(8-6-12)19(16,17)14-9-3-2-4-11(14)10-15/h5-8,10-11H,2-4,9H2,1H3. The SMILES string of the molecule is COc1ccc(S(=O)(=O)N2CCCCC2C=O)cc1. The van der Waals surface area contributed by atoms with Gasteiger partial charge in [0.1, 0.15) is 12.0 Å². The van der Waals surface area contributed by atoms with Crippen molar-refractivity contribution >= 4 is 16.3 Å². The number of piperidine rings is 1. The fourth-order valence-electron chi connectivity index (χ4n) is 2.25. The summed E-state index contributed by atoms with van der Waals surface area (Å²) in [6, 6.07) is 5.68. The predicted octanol–water partition coefficient (Wildman–Crippen LogP) is 1.44. The second-order valence-electron chi connectivity index (χ2n) is 4.49. The summed E-state index contributed by atoms with van der Waals surface area (Å²) in [7, 11) is -2.08. The van der Waals surface area contributed by atoms with Gasteiger partial charge in [0, 0.05) is 6.54 Å². The zero-order valence-electron chi connectivity index (χ0n) is 10.8. The van der Waals surface area contributed by atoms with Crippen LogP contribution in [-0.4, -0.2) is 38.7 Å². The maximum Gasteiger partial charge on any atom is 0.243 e. The van der Waals surface area contributed by atoms with Crippen molar-refractivity contribution < 1.29 is 17.9 Å². The third-order valence-corrected chi connectivity index (χ3v) is 5.26. The van der Waals surface area contributed by atoms with E-state index in [1.165, 1.54) is 23.5 Å². The van der Waals surface area contributed by atoms with E-state index in [1.54, 1.807) is 12.1 Å². The van der Waals surface area contributed by atoms with Crippen molar-refractivity contribution in [2.45, 2.75) is 30.2 Å². The number of carbonyl (C=O) groups is 1. The molecule has 0 aliphatic carbocycles. The largest absolute Gasteiger partial charge is 0.497 e. The molecule has 1 aromatic rings. The third kappa shape index (κ3) is 2.79. The lowest BCUT2D eigenvalue weighted by Gasteiger charge is -2.31. The molecule has 0 aromatic heterocycles. The van der Waals surface area contributed by atoms with Gasteiger partial charge in [-0.25, -0.2) is 8.42 Å². The lowest BCUT2D eigenvalue weighted by Crippen LogP contribution is -2.44. The van der Waals surface area contributed by atoms with Gasteiger partial charge in [-0.3, -0.25) is 0 Å². The number of methoxy groups -OCH3 is 1. The summed E-state index contributed by atoms with van der Waals surface area (Å²) in [5.74, 6) is 0.601. The van der Waals surface area contributed by atoms with Gasteiger partial charge >= 0.3 is 0 Å². The molecule has 0 spiro atoms. The van der Waals surface area contributed by atoms with Crippen molar-refractivity contribution in [3.05, 3.63) is 24.3 Å². The van der Waals surface area contributed by atoms with Crippen LogP contribution in [0.4, 0.5) is 0 Å². The molecule has 1 atom stereocenters. The van der Waals surface area contributed by atoms with Gasteiger partial charge < -0.3 is 9.53 Å². The Balaban J connectivity index is 2.31. The van der Waals surface area contributed by atoms with Crippen molar-refractivity contribution in [3.8, 4) is 5.75 Å². The summed E-state index contributed by atoms with van der Waals surface area (Å²) >= 11 is 0. The summed E-state index contributed by atoms with van der Waals surface area (Å²) in [6.07, 6.45) is 3.00. The molecule has 0 bridgehead atoms. The summed E-state index contributed by atoms with van der Waals surface area (Å²) in [4.78, 5) is 11.2. The molecule has 1 aliphatic rings. The predicted molar refractivity (Wildman–Crippen MR) is 70.6 cm³/mol. The minimum absolute atomic E-state index is 0.196. The molecule has 0 amide bonds. The van der Waals surface area contributed by atoms with Crippen LogP contribution in [0.3, 0.4) is 0 Å². The van der Waals surface area contributed by atoms with Gasteiger partial charge in [0.2, 0.25) is 10.0 Å². The molecule has 0 N–H and O–H groups in total. The van der Waals surface area contributed by atoms with Crippen LogP contribution in [0, 0.1) is 0 Å². The van der Waals surface area contributed by atoms with Crippen molar-refractivity contribution in [1.82, 2.24) is 4.31 Å². The normalized spacial score (nSPS) is 21.0. The lowest BCUT2D eigenvalue weighted by atomic mass is 10.1. The van der Waals surface area contributed by atoms with Crippen LogP contribution in [0.5, 0.6) is 5.75 Å². The second-order valence-corrected chi connectivity index (χ2v) is 6.38. The molecule has 6 heteroatoms. The van der Waals surface area contributed by atoms with E-state index in [0.29, 0.717) is 18.7 Å². The molecule has 0 saturated carbocycles. The van der Waals surface area contributed by atoms with E-state index in [4.69, 9.17) is 4.74 Å². The minimum Gasteiger partial charge on any atom is -0.497 e. The van der Waals surface area contributed by atoms with Gasteiger partial charge in [-0.15, -0.1) is 0 Å². The van der Waals surface area contributed by atoms with E-state index in [0.717, 1.165) is 19.1 Å². The Morgan fingerprint density at radius 1 is 1.26 bits per heavy atom. The average Bonchev–Trinajstić information content (AvgIpc) is 2.47. The number of hydrogen-bond donors (Lipinski definition) is 0. The van der Waals surface area contributed by atoms with E-state index in [9.17, 15) is 13.2 Å². The number of hydrogen-bond acceptors (Lipinski definition) is 4. The molecule has 1 heterocycles. The maximum absolute atomic E-state index is 12.5. The summed E-state index contributed by atoms with van der Waals surface area (Å²) in [6.45, 7) is 0.401. The smallest absolute Gasteiger partial charge is 0.243 e. The van der Waals surface area contributed by atoms with Crippen LogP contribution >= 0.6 is 0 Å². The van der Waals surface area contributed by atoms with Gasteiger partial charge in [-0.1, -0.05) is 6.42 Å². The highest BCUT2D eigenvalue weighted by atomic mass is 32.2. The Morgan fingerprint density at radius 3 is 2.53 bits per heavy atom. The Kier molecular flexibility index (Phi) is 4.21. The van der Waals surface area contributed by atoms with Crippen LogP contribution in [0.25, 0.3) is 0 Å². The molecule has 1 unspecified atom stereocenters. The number of nitrogens with zero attached hydrogens (tertiary/aromatic N) is 1. The monoisotopic (exact) mass is 283 g/mol. The van der Waals surface area contributed by atoms with Crippen molar-refractivity contribution in [2.24, 2.45) is 0 Å². The van der Waals surface area contributed by atoms with E-state index < -0.39 is 16.1 Å². The number of aldehydes is 1. The first kappa shape index (κ1) is 14.0. The van der Waals surface area contributed by atoms with Gasteiger partial charge in [0.05, 0.1) is 18.0 Å². The van der Waals surface area contributed by atoms with Crippen LogP contribution in [0.1, 0.15) is 19.3 Å². The first-order chi connectivity index (χ1) is 9.09. The molecule has 2 rings (SSSR count). The number of rotatable bonds is 4.